The average molecular weight is 652 g/mol. The van der Waals surface area contributed by atoms with Gasteiger partial charge in [-0.05, 0) is 57.0 Å². The van der Waals surface area contributed by atoms with E-state index in [1.165, 1.54) is 0 Å². The van der Waals surface area contributed by atoms with E-state index in [0.29, 0.717) is 33.9 Å². The molecule has 0 saturated heterocycles. The normalized spacial score (nSPS) is 10.7. The molecule has 2 N–H and O–H groups in total. The third-order valence-corrected chi connectivity index (χ3v) is 8.23. The molecule has 0 fully saturated rings. The predicted molar refractivity (Wildman–Crippen MR) is 164 cm³/mol. The van der Waals surface area contributed by atoms with Crippen LogP contribution in [-0.2, 0) is 32.2 Å². The number of thiophene rings is 1. The van der Waals surface area contributed by atoms with Crippen LogP contribution in [-0.4, -0.2) is 64.1 Å². The third kappa shape index (κ3) is 9.70. The highest BCUT2D eigenvalue weighted by molar-refractivity contribution is 7.99. The minimum atomic E-state index is -0.640. The highest BCUT2D eigenvalue weighted by Gasteiger charge is 2.27. The zero-order chi connectivity index (χ0) is 31.4. The Morgan fingerprint density at radius 2 is 1.70 bits per heavy atom. The quantitative estimate of drug-likeness (QED) is 0.162. The van der Waals surface area contributed by atoms with Crippen LogP contribution in [0, 0.1) is 6.92 Å². The van der Waals surface area contributed by atoms with Crippen LogP contribution >= 0.6 is 34.7 Å². The van der Waals surface area contributed by atoms with Crippen LogP contribution in [0.2, 0.25) is 5.02 Å². The molecule has 0 aliphatic heterocycles. The summed E-state index contributed by atoms with van der Waals surface area (Å²) in [6.45, 7) is 7.87. The summed E-state index contributed by atoms with van der Waals surface area (Å²) in [5, 5.41) is 15.2. The lowest BCUT2D eigenvalue weighted by molar-refractivity contribution is -0.123. The van der Waals surface area contributed by atoms with Gasteiger partial charge in [0.05, 0.1) is 31.1 Å². The van der Waals surface area contributed by atoms with E-state index in [0.717, 1.165) is 35.9 Å². The molecule has 43 heavy (non-hydrogen) atoms. The Morgan fingerprint density at radius 3 is 2.37 bits per heavy atom. The summed E-state index contributed by atoms with van der Waals surface area (Å²) in [5.74, 6) is -0.948. The molecule has 2 heterocycles. The fraction of sp³-hybridized carbons (Fsp3) is 0.429. The van der Waals surface area contributed by atoms with Crippen molar-refractivity contribution in [1.82, 2.24) is 20.1 Å². The van der Waals surface area contributed by atoms with Gasteiger partial charge in [-0.15, -0.1) is 21.5 Å². The van der Waals surface area contributed by atoms with Crippen LogP contribution in [0.25, 0.3) is 0 Å². The van der Waals surface area contributed by atoms with Gasteiger partial charge in [0, 0.05) is 11.6 Å². The van der Waals surface area contributed by atoms with E-state index < -0.39 is 17.8 Å². The lowest BCUT2D eigenvalue weighted by atomic mass is 10.1. The molecule has 0 aliphatic carbocycles. The fourth-order valence-electron chi connectivity index (χ4n) is 3.74. The number of amides is 2. The second-order valence-electron chi connectivity index (χ2n) is 8.96. The molecule has 3 aromatic rings. The SMILES string of the molecule is CCCCn1c(CNC(=O)COc2ccc(Cl)cc2)nnc1SCC(=O)Nc1sc(C(=O)OCC)c(C)c1C(=O)OCC. The summed E-state index contributed by atoms with van der Waals surface area (Å²) in [5.41, 5.74) is 0.506. The second kappa shape index (κ2) is 16.9. The average Bonchev–Trinajstić information content (AvgIpc) is 3.53. The number of halogens is 1. The molecule has 1 aromatic carbocycles. The van der Waals surface area contributed by atoms with Crippen LogP contribution < -0.4 is 15.4 Å². The smallest absolute Gasteiger partial charge is 0.348 e. The van der Waals surface area contributed by atoms with Gasteiger partial charge in [0.1, 0.15) is 15.6 Å². The Hall–Kier alpha value is -3.62. The standard InChI is InChI=1S/C28H34ClN5O7S2/c1-5-8-13-34-20(14-30-21(35)15-41-19-11-9-18(29)10-12-19)32-33-28(34)42-16-22(36)31-25-23(26(37)39-6-2)17(4)24(43-25)27(38)40-7-3/h9-12H,5-8,13-16H2,1-4H3,(H,30,35)(H,31,36). The van der Waals surface area contributed by atoms with E-state index in [2.05, 4.69) is 27.8 Å². The van der Waals surface area contributed by atoms with Crippen LogP contribution in [0.4, 0.5) is 5.00 Å². The molecule has 3 rings (SSSR count). The van der Waals surface area contributed by atoms with E-state index in [1.807, 2.05) is 4.57 Å². The molecule has 0 aliphatic rings. The number of aromatic nitrogens is 3. The van der Waals surface area contributed by atoms with E-state index >= 15 is 0 Å². The summed E-state index contributed by atoms with van der Waals surface area (Å²) >= 11 is 8.00. The molecule has 2 amide bonds. The minimum absolute atomic E-state index is 0.0422. The molecule has 15 heteroatoms. The van der Waals surface area contributed by atoms with Crippen molar-refractivity contribution in [3.63, 3.8) is 0 Å². The molecule has 0 unspecified atom stereocenters. The molecular formula is C28H34ClN5O7S2. The van der Waals surface area contributed by atoms with Gasteiger partial charge in [-0.2, -0.15) is 0 Å². The number of nitrogens with zero attached hydrogens (tertiary/aromatic N) is 3. The second-order valence-corrected chi connectivity index (χ2v) is 11.4. The Balaban J connectivity index is 1.65. The van der Waals surface area contributed by atoms with Gasteiger partial charge in [0.2, 0.25) is 5.91 Å². The van der Waals surface area contributed by atoms with Crippen molar-refractivity contribution < 1.29 is 33.4 Å². The summed E-state index contributed by atoms with van der Waals surface area (Å²) < 4.78 is 17.6. The summed E-state index contributed by atoms with van der Waals surface area (Å²) in [4.78, 5) is 50.6. The number of thioether (sulfide) groups is 1. The number of benzene rings is 1. The maximum atomic E-state index is 13.0. The van der Waals surface area contributed by atoms with E-state index in [9.17, 15) is 19.2 Å². The largest absolute Gasteiger partial charge is 0.484 e. The summed E-state index contributed by atoms with van der Waals surface area (Å²) in [6, 6.07) is 6.69. The number of hydrogen-bond acceptors (Lipinski definition) is 11. The first-order chi connectivity index (χ1) is 20.7. The fourth-order valence-corrected chi connectivity index (χ4v) is 5.75. The first kappa shape index (κ1) is 33.9. The number of esters is 2. The van der Waals surface area contributed by atoms with Crippen LogP contribution in [0.5, 0.6) is 5.75 Å². The monoisotopic (exact) mass is 651 g/mol. The Morgan fingerprint density at radius 1 is 1.00 bits per heavy atom. The van der Waals surface area contributed by atoms with Gasteiger partial charge >= 0.3 is 11.9 Å². The first-order valence-electron chi connectivity index (χ1n) is 13.7. The molecule has 0 radical (unpaired) electrons. The predicted octanol–water partition coefficient (Wildman–Crippen LogP) is 4.88. The molecule has 12 nitrogen and oxygen atoms in total. The number of carbonyl (C=O) groups is 4. The van der Waals surface area contributed by atoms with Crippen LogP contribution in [0.1, 0.15) is 65.0 Å². The van der Waals surface area contributed by atoms with Crippen molar-refractivity contribution in [3.05, 3.63) is 51.1 Å². The molecule has 232 valence electrons. The minimum Gasteiger partial charge on any atom is -0.484 e. The lowest BCUT2D eigenvalue weighted by Gasteiger charge is -2.11. The van der Waals surface area contributed by atoms with E-state index in [4.69, 9.17) is 25.8 Å². The molecule has 0 spiro atoms. The molecule has 0 atom stereocenters. The van der Waals surface area contributed by atoms with Gasteiger partial charge in [-0.1, -0.05) is 36.7 Å². The van der Waals surface area contributed by atoms with Crippen molar-refractivity contribution in [2.45, 2.75) is 58.8 Å². The number of nitrogens with one attached hydrogen (secondary N) is 2. The Kier molecular flexibility index (Phi) is 13.3. The maximum absolute atomic E-state index is 13.0. The van der Waals surface area contributed by atoms with Crippen molar-refractivity contribution in [3.8, 4) is 5.75 Å². The summed E-state index contributed by atoms with van der Waals surface area (Å²) in [7, 11) is 0. The third-order valence-electron chi connectivity index (χ3n) is 5.83. The van der Waals surface area contributed by atoms with Gasteiger partial charge < -0.3 is 29.4 Å². The first-order valence-corrected chi connectivity index (χ1v) is 15.8. The number of ether oxygens (including phenoxy) is 3. The van der Waals surface area contributed by atoms with Gasteiger partial charge in [-0.25, -0.2) is 9.59 Å². The lowest BCUT2D eigenvalue weighted by Crippen LogP contribution is -2.29. The molecule has 0 saturated carbocycles. The Labute approximate surface area is 262 Å². The number of hydrogen-bond donors (Lipinski definition) is 2. The molecule has 0 bridgehead atoms. The number of rotatable bonds is 16. The zero-order valence-corrected chi connectivity index (χ0v) is 26.7. The van der Waals surface area contributed by atoms with Crippen molar-refractivity contribution in [2.24, 2.45) is 0 Å². The van der Waals surface area contributed by atoms with Crippen molar-refractivity contribution >= 4 is 63.5 Å². The number of unbranched alkanes of at least 4 members (excludes halogenated alkanes) is 1. The number of carbonyl (C=O) groups excluding carboxylic acids is 4. The van der Waals surface area contributed by atoms with Gasteiger partial charge in [0.25, 0.3) is 5.91 Å². The summed E-state index contributed by atoms with van der Waals surface area (Å²) in [6.07, 6.45) is 1.76. The molecule has 2 aromatic heterocycles. The van der Waals surface area contributed by atoms with Gasteiger partial charge in [-0.3, -0.25) is 9.59 Å². The highest BCUT2D eigenvalue weighted by atomic mass is 35.5. The van der Waals surface area contributed by atoms with E-state index in [-0.39, 0.29) is 53.5 Å². The van der Waals surface area contributed by atoms with Crippen molar-refractivity contribution in [2.75, 3.05) is 30.9 Å². The Bertz CT molecular complexity index is 1430. The topological polar surface area (TPSA) is 151 Å². The molecular weight excluding hydrogens is 618 g/mol. The van der Waals surface area contributed by atoms with Gasteiger partial charge in [0.15, 0.2) is 17.6 Å². The van der Waals surface area contributed by atoms with Crippen molar-refractivity contribution in [1.29, 1.82) is 0 Å². The van der Waals surface area contributed by atoms with Crippen LogP contribution in [0.3, 0.4) is 0 Å². The zero-order valence-electron chi connectivity index (χ0n) is 24.4. The maximum Gasteiger partial charge on any atom is 0.348 e. The highest BCUT2D eigenvalue weighted by Crippen LogP contribution is 2.34. The van der Waals surface area contributed by atoms with Crippen LogP contribution in [0.15, 0.2) is 29.4 Å². The number of anilines is 1. The van der Waals surface area contributed by atoms with E-state index in [1.54, 1.807) is 45.0 Å².